The van der Waals surface area contributed by atoms with E-state index >= 15 is 0 Å². The Labute approximate surface area is 122 Å². The van der Waals surface area contributed by atoms with E-state index in [1.54, 1.807) is 0 Å². The van der Waals surface area contributed by atoms with Crippen LogP contribution >= 0.6 is 0 Å². The molecule has 1 atom stereocenters. The van der Waals surface area contributed by atoms with Crippen LogP contribution in [0.15, 0.2) is 23.1 Å². The molecule has 21 heavy (non-hydrogen) atoms. The van der Waals surface area contributed by atoms with Gasteiger partial charge in [0.15, 0.2) is 0 Å². The molecule has 1 aliphatic heterocycles. The van der Waals surface area contributed by atoms with E-state index in [4.69, 9.17) is 9.84 Å². The van der Waals surface area contributed by atoms with Crippen LogP contribution in [0.4, 0.5) is 0 Å². The van der Waals surface area contributed by atoms with Gasteiger partial charge in [-0.25, -0.2) is 13.2 Å². The minimum absolute atomic E-state index is 0.0987. The maximum absolute atomic E-state index is 12.6. The predicted octanol–water partition coefficient (Wildman–Crippen LogP) is 0.539. The first kappa shape index (κ1) is 15.7. The Hall–Kier alpha value is -1.64. The number of carbonyl (C=O) groups is 1. The van der Waals surface area contributed by atoms with E-state index in [1.807, 2.05) is 0 Å². The van der Waals surface area contributed by atoms with E-state index < -0.39 is 22.0 Å². The van der Waals surface area contributed by atoms with Crippen molar-refractivity contribution in [1.82, 2.24) is 4.31 Å². The van der Waals surface area contributed by atoms with E-state index in [0.717, 1.165) is 6.07 Å². The lowest BCUT2D eigenvalue weighted by Gasteiger charge is -2.22. The van der Waals surface area contributed by atoms with E-state index in [9.17, 15) is 18.3 Å². The highest BCUT2D eigenvalue weighted by Gasteiger charge is 2.35. The maximum Gasteiger partial charge on any atom is 0.339 e. The van der Waals surface area contributed by atoms with Crippen LogP contribution in [0.2, 0.25) is 0 Å². The SMILES string of the molecule is COc1ccc(S(=O)(=O)N2CCCC2CO)cc1C(=O)O. The summed E-state index contributed by atoms with van der Waals surface area (Å²) in [5, 5.41) is 18.4. The van der Waals surface area contributed by atoms with E-state index in [0.29, 0.717) is 19.4 Å². The fourth-order valence-corrected chi connectivity index (χ4v) is 4.17. The Morgan fingerprint density at radius 1 is 1.48 bits per heavy atom. The number of sulfonamides is 1. The van der Waals surface area contributed by atoms with Gasteiger partial charge in [0.2, 0.25) is 10.0 Å². The minimum Gasteiger partial charge on any atom is -0.496 e. The average Bonchev–Trinajstić information content (AvgIpc) is 2.95. The summed E-state index contributed by atoms with van der Waals surface area (Å²) < 4.78 is 31.3. The van der Waals surface area contributed by atoms with Crippen LogP contribution in [-0.2, 0) is 10.0 Å². The van der Waals surface area contributed by atoms with Crippen molar-refractivity contribution in [3.63, 3.8) is 0 Å². The summed E-state index contributed by atoms with van der Waals surface area (Å²) in [5.41, 5.74) is -0.210. The van der Waals surface area contributed by atoms with Gasteiger partial charge in [-0.05, 0) is 31.0 Å². The number of rotatable bonds is 5. The third-order valence-electron chi connectivity index (χ3n) is 3.54. The van der Waals surface area contributed by atoms with Gasteiger partial charge in [-0.3, -0.25) is 0 Å². The zero-order valence-electron chi connectivity index (χ0n) is 11.5. The summed E-state index contributed by atoms with van der Waals surface area (Å²) in [5.74, 6) is -1.16. The third-order valence-corrected chi connectivity index (χ3v) is 5.49. The summed E-state index contributed by atoms with van der Waals surface area (Å²) in [4.78, 5) is 11.1. The summed E-state index contributed by atoms with van der Waals surface area (Å²) in [6.07, 6.45) is 1.27. The molecule has 0 saturated carbocycles. The second kappa shape index (κ2) is 6.00. The van der Waals surface area contributed by atoms with Crippen LogP contribution in [-0.4, -0.2) is 55.2 Å². The van der Waals surface area contributed by atoms with Gasteiger partial charge in [0.05, 0.1) is 18.6 Å². The highest BCUT2D eigenvalue weighted by Crippen LogP contribution is 2.29. The first-order valence-corrected chi connectivity index (χ1v) is 7.90. The molecule has 2 rings (SSSR count). The fourth-order valence-electron chi connectivity index (χ4n) is 2.46. The summed E-state index contributed by atoms with van der Waals surface area (Å²) in [6, 6.07) is 3.27. The maximum atomic E-state index is 12.6. The van der Waals surface area contributed by atoms with E-state index in [2.05, 4.69) is 0 Å². The van der Waals surface area contributed by atoms with Crippen LogP contribution in [0.1, 0.15) is 23.2 Å². The first-order valence-electron chi connectivity index (χ1n) is 6.46. The minimum atomic E-state index is -3.83. The first-order chi connectivity index (χ1) is 9.91. The molecule has 1 heterocycles. The molecule has 1 unspecified atom stereocenters. The molecule has 0 bridgehead atoms. The van der Waals surface area contributed by atoms with Gasteiger partial charge < -0.3 is 14.9 Å². The van der Waals surface area contributed by atoms with Crippen LogP contribution in [0.25, 0.3) is 0 Å². The molecule has 1 saturated heterocycles. The second-order valence-corrected chi connectivity index (χ2v) is 6.65. The molecule has 1 aromatic carbocycles. The second-order valence-electron chi connectivity index (χ2n) is 4.76. The molecule has 1 aliphatic rings. The Morgan fingerprint density at radius 3 is 2.76 bits per heavy atom. The number of nitrogens with zero attached hydrogens (tertiary/aromatic N) is 1. The molecule has 0 aromatic heterocycles. The lowest BCUT2D eigenvalue weighted by Crippen LogP contribution is -2.37. The number of aromatic carboxylic acids is 1. The zero-order chi connectivity index (χ0) is 15.6. The molecule has 0 amide bonds. The molecule has 0 spiro atoms. The van der Waals surface area contributed by atoms with Crippen molar-refractivity contribution in [2.24, 2.45) is 0 Å². The summed E-state index contributed by atoms with van der Waals surface area (Å²) in [7, 11) is -2.51. The van der Waals surface area contributed by atoms with Crippen molar-refractivity contribution in [3.8, 4) is 5.75 Å². The van der Waals surface area contributed by atoms with Crippen LogP contribution in [0, 0.1) is 0 Å². The molecule has 0 aliphatic carbocycles. The van der Waals surface area contributed by atoms with Gasteiger partial charge in [-0.15, -0.1) is 0 Å². The normalized spacial score (nSPS) is 19.6. The molecule has 2 N–H and O–H groups in total. The monoisotopic (exact) mass is 315 g/mol. The highest BCUT2D eigenvalue weighted by atomic mass is 32.2. The number of hydrogen-bond acceptors (Lipinski definition) is 5. The number of carboxylic acid groups (broad SMARTS) is 1. The molecule has 1 fully saturated rings. The lowest BCUT2D eigenvalue weighted by molar-refractivity contribution is 0.0693. The topological polar surface area (TPSA) is 104 Å². The number of aliphatic hydroxyl groups is 1. The number of hydrogen-bond donors (Lipinski definition) is 2. The van der Waals surface area contributed by atoms with Crippen molar-refractivity contribution < 1.29 is 28.2 Å². The van der Waals surface area contributed by atoms with E-state index in [-0.39, 0.29) is 22.8 Å². The molecule has 116 valence electrons. The molecular formula is C13H17NO6S. The standard InChI is InChI=1S/C13H17NO6S/c1-20-12-5-4-10(7-11(12)13(16)17)21(18,19)14-6-2-3-9(14)8-15/h4-5,7,9,15H,2-3,6,8H2,1H3,(H,16,17). The van der Waals surface area contributed by atoms with Crippen molar-refractivity contribution >= 4 is 16.0 Å². The molecular weight excluding hydrogens is 298 g/mol. The van der Waals surface area contributed by atoms with Crippen LogP contribution in [0.5, 0.6) is 5.75 Å². The van der Waals surface area contributed by atoms with Gasteiger partial charge in [0, 0.05) is 12.6 Å². The number of carboxylic acids is 1. The molecule has 8 heteroatoms. The molecule has 1 aromatic rings. The lowest BCUT2D eigenvalue weighted by atomic mass is 10.2. The third kappa shape index (κ3) is 2.87. The van der Waals surface area contributed by atoms with Gasteiger partial charge in [-0.1, -0.05) is 0 Å². The number of aliphatic hydroxyl groups excluding tert-OH is 1. The van der Waals surface area contributed by atoms with Crippen molar-refractivity contribution in [2.75, 3.05) is 20.3 Å². The number of benzene rings is 1. The van der Waals surface area contributed by atoms with Crippen molar-refractivity contribution in [1.29, 1.82) is 0 Å². The molecule has 7 nitrogen and oxygen atoms in total. The number of ether oxygens (including phenoxy) is 1. The number of methoxy groups -OCH3 is 1. The summed E-state index contributed by atoms with van der Waals surface area (Å²) in [6.45, 7) is 0.0726. The quantitative estimate of drug-likeness (QED) is 0.822. The Kier molecular flexibility index (Phi) is 4.50. The fraction of sp³-hybridized carbons (Fsp3) is 0.462. The predicted molar refractivity (Wildman–Crippen MR) is 74.0 cm³/mol. The van der Waals surface area contributed by atoms with Crippen molar-refractivity contribution in [2.45, 2.75) is 23.8 Å². The zero-order valence-corrected chi connectivity index (χ0v) is 12.3. The largest absolute Gasteiger partial charge is 0.496 e. The highest BCUT2D eigenvalue weighted by molar-refractivity contribution is 7.89. The van der Waals surface area contributed by atoms with Gasteiger partial charge in [0.25, 0.3) is 0 Å². The Bertz CT molecular complexity index is 642. The van der Waals surface area contributed by atoms with Gasteiger partial charge in [0.1, 0.15) is 11.3 Å². The summed E-state index contributed by atoms with van der Waals surface area (Å²) >= 11 is 0. The van der Waals surface area contributed by atoms with Gasteiger partial charge in [-0.2, -0.15) is 4.31 Å². The van der Waals surface area contributed by atoms with Crippen LogP contribution in [0.3, 0.4) is 0 Å². The van der Waals surface area contributed by atoms with Crippen molar-refractivity contribution in [3.05, 3.63) is 23.8 Å². The van der Waals surface area contributed by atoms with E-state index in [1.165, 1.54) is 23.5 Å². The average molecular weight is 315 g/mol. The van der Waals surface area contributed by atoms with Gasteiger partial charge >= 0.3 is 5.97 Å². The Balaban J connectivity index is 2.45. The smallest absolute Gasteiger partial charge is 0.339 e. The Morgan fingerprint density at radius 2 is 2.19 bits per heavy atom. The molecule has 0 radical (unpaired) electrons. The van der Waals surface area contributed by atoms with Crippen LogP contribution < -0.4 is 4.74 Å².